The van der Waals surface area contributed by atoms with E-state index in [0.717, 1.165) is 38.1 Å². The average Bonchev–Trinajstić information content (AvgIpc) is 2.81. The number of hydrogen-bond donors (Lipinski definition) is 2. The van der Waals surface area contributed by atoms with Gasteiger partial charge in [-0.05, 0) is 37.5 Å². The van der Waals surface area contributed by atoms with Gasteiger partial charge in [-0.3, -0.25) is 4.79 Å². The molecule has 0 spiro atoms. The second-order valence-corrected chi connectivity index (χ2v) is 6.29. The number of rotatable bonds is 5. The van der Waals surface area contributed by atoms with Crippen molar-refractivity contribution in [2.75, 3.05) is 6.54 Å². The van der Waals surface area contributed by atoms with Gasteiger partial charge in [0.05, 0.1) is 0 Å². The van der Waals surface area contributed by atoms with Gasteiger partial charge < -0.3 is 11.1 Å². The molecule has 0 saturated heterocycles. The largest absolute Gasteiger partial charge is 0.356 e. The topological polar surface area (TPSA) is 55.1 Å². The highest BCUT2D eigenvalue weighted by molar-refractivity contribution is 5.75. The second-order valence-electron chi connectivity index (χ2n) is 6.29. The van der Waals surface area contributed by atoms with Crippen LogP contribution in [-0.4, -0.2) is 18.5 Å². The summed E-state index contributed by atoms with van der Waals surface area (Å²) in [5, 5.41) is 3.09. The maximum Gasteiger partial charge on any atom is 0.220 e. The average molecular weight is 252 g/mol. The van der Waals surface area contributed by atoms with Crippen LogP contribution in [0.3, 0.4) is 0 Å². The van der Waals surface area contributed by atoms with Crippen molar-refractivity contribution in [2.45, 2.75) is 70.3 Å². The third kappa shape index (κ3) is 4.60. The van der Waals surface area contributed by atoms with Crippen LogP contribution in [0.2, 0.25) is 0 Å². The molecule has 2 rings (SSSR count). The molecule has 0 bridgehead atoms. The van der Waals surface area contributed by atoms with E-state index in [1.165, 1.54) is 38.5 Å². The normalized spacial score (nSPS) is 29.4. The molecule has 2 saturated carbocycles. The molecule has 0 aromatic carbocycles. The van der Waals surface area contributed by atoms with Crippen LogP contribution in [-0.2, 0) is 4.79 Å². The molecule has 3 heteroatoms. The van der Waals surface area contributed by atoms with Crippen LogP contribution in [0.15, 0.2) is 0 Å². The van der Waals surface area contributed by atoms with Crippen molar-refractivity contribution in [2.24, 2.45) is 17.6 Å². The third-order valence-corrected chi connectivity index (χ3v) is 4.67. The molecular formula is C15H28N2O. The zero-order valence-electron chi connectivity index (χ0n) is 11.5. The molecule has 3 N–H and O–H groups in total. The molecule has 0 aliphatic heterocycles. The van der Waals surface area contributed by atoms with Crippen LogP contribution in [0.1, 0.15) is 64.2 Å². The molecule has 2 atom stereocenters. The molecule has 2 unspecified atom stereocenters. The fourth-order valence-corrected chi connectivity index (χ4v) is 3.46. The Morgan fingerprint density at radius 1 is 1.06 bits per heavy atom. The van der Waals surface area contributed by atoms with Gasteiger partial charge in [0.2, 0.25) is 5.91 Å². The second kappa shape index (κ2) is 7.13. The van der Waals surface area contributed by atoms with Crippen molar-refractivity contribution in [1.29, 1.82) is 0 Å². The molecule has 2 aliphatic carbocycles. The molecule has 0 radical (unpaired) electrons. The maximum atomic E-state index is 11.8. The smallest absolute Gasteiger partial charge is 0.220 e. The van der Waals surface area contributed by atoms with E-state index in [2.05, 4.69) is 5.32 Å². The molecule has 0 aromatic heterocycles. The first-order valence-electron chi connectivity index (χ1n) is 7.76. The van der Waals surface area contributed by atoms with E-state index >= 15 is 0 Å². The first kappa shape index (κ1) is 13.9. The van der Waals surface area contributed by atoms with Gasteiger partial charge in [-0.15, -0.1) is 0 Å². The Hall–Kier alpha value is -0.570. The molecule has 2 aliphatic rings. The van der Waals surface area contributed by atoms with E-state index in [1.54, 1.807) is 0 Å². The summed E-state index contributed by atoms with van der Waals surface area (Å²) in [5.74, 6) is 1.68. The van der Waals surface area contributed by atoms with Crippen LogP contribution in [0.4, 0.5) is 0 Å². The minimum Gasteiger partial charge on any atom is -0.356 e. The van der Waals surface area contributed by atoms with Gasteiger partial charge in [0.25, 0.3) is 0 Å². The zero-order chi connectivity index (χ0) is 12.8. The van der Waals surface area contributed by atoms with Crippen molar-refractivity contribution in [1.82, 2.24) is 5.32 Å². The number of carbonyl (C=O) groups excluding carboxylic acids is 1. The van der Waals surface area contributed by atoms with Crippen molar-refractivity contribution < 1.29 is 4.79 Å². The molecule has 1 amide bonds. The van der Waals surface area contributed by atoms with E-state index in [-0.39, 0.29) is 5.91 Å². The Bertz CT molecular complexity index is 250. The van der Waals surface area contributed by atoms with Gasteiger partial charge in [0.1, 0.15) is 0 Å². The SMILES string of the molecule is NC1CCC(CNC(=O)CCC2CCCCC2)C1. The Morgan fingerprint density at radius 3 is 2.50 bits per heavy atom. The molecule has 18 heavy (non-hydrogen) atoms. The standard InChI is InChI=1S/C15H28N2O/c16-14-8-6-13(10-14)11-17-15(18)9-7-12-4-2-1-3-5-12/h12-14H,1-11,16H2,(H,17,18). The summed E-state index contributed by atoms with van der Waals surface area (Å²) in [6.07, 6.45) is 12.0. The minimum atomic E-state index is 0.251. The van der Waals surface area contributed by atoms with Gasteiger partial charge in [-0.2, -0.15) is 0 Å². The van der Waals surface area contributed by atoms with Gasteiger partial charge in [0.15, 0.2) is 0 Å². The lowest BCUT2D eigenvalue weighted by Crippen LogP contribution is -2.29. The highest BCUT2D eigenvalue weighted by atomic mass is 16.1. The highest BCUT2D eigenvalue weighted by Crippen LogP contribution is 2.27. The Kier molecular flexibility index (Phi) is 5.48. The van der Waals surface area contributed by atoms with E-state index in [0.29, 0.717) is 12.0 Å². The number of amides is 1. The van der Waals surface area contributed by atoms with E-state index < -0.39 is 0 Å². The predicted molar refractivity (Wildman–Crippen MR) is 74.1 cm³/mol. The maximum absolute atomic E-state index is 11.8. The lowest BCUT2D eigenvalue weighted by molar-refractivity contribution is -0.121. The van der Waals surface area contributed by atoms with Crippen LogP contribution in [0.25, 0.3) is 0 Å². The van der Waals surface area contributed by atoms with Crippen molar-refractivity contribution in [3.05, 3.63) is 0 Å². The van der Waals surface area contributed by atoms with Gasteiger partial charge in [-0.1, -0.05) is 32.1 Å². The molecular weight excluding hydrogens is 224 g/mol. The molecule has 2 fully saturated rings. The monoisotopic (exact) mass is 252 g/mol. The first-order valence-corrected chi connectivity index (χ1v) is 7.76. The van der Waals surface area contributed by atoms with E-state index in [9.17, 15) is 4.79 Å². The first-order chi connectivity index (χ1) is 8.74. The fourth-order valence-electron chi connectivity index (χ4n) is 3.46. The van der Waals surface area contributed by atoms with Crippen LogP contribution < -0.4 is 11.1 Å². The van der Waals surface area contributed by atoms with Crippen LogP contribution in [0.5, 0.6) is 0 Å². The summed E-state index contributed by atoms with van der Waals surface area (Å²) in [6.45, 7) is 0.844. The lowest BCUT2D eigenvalue weighted by Gasteiger charge is -2.21. The summed E-state index contributed by atoms with van der Waals surface area (Å²) in [6, 6.07) is 0.370. The van der Waals surface area contributed by atoms with Crippen molar-refractivity contribution in [3.8, 4) is 0 Å². The zero-order valence-corrected chi connectivity index (χ0v) is 11.5. The van der Waals surface area contributed by atoms with Gasteiger partial charge in [-0.25, -0.2) is 0 Å². The fraction of sp³-hybridized carbons (Fsp3) is 0.933. The van der Waals surface area contributed by atoms with Gasteiger partial charge in [0, 0.05) is 19.0 Å². The number of nitrogens with one attached hydrogen (secondary N) is 1. The van der Waals surface area contributed by atoms with Crippen LogP contribution in [0, 0.1) is 11.8 Å². The minimum absolute atomic E-state index is 0.251. The molecule has 3 nitrogen and oxygen atoms in total. The van der Waals surface area contributed by atoms with Crippen molar-refractivity contribution >= 4 is 5.91 Å². The molecule has 0 aromatic rings. The summed E-state index contributed by atoms with van der Waals surface area (Å²) in [4.78, 5) is 11.8. The summed E-state index contributed by atoms with van der Waals surface area (Å²) >= 11 is 0. The number of nitrogens with two attached hydrogens (primary N) is 1. The highest BCUT2D eigenvalue weighted by Gasteiger charge is 2.22. The van der Waals surface area contributed by atoms with Gasteiger partial charge >= 0.3 is 0 Å². The third-order valence-electron chi connectivity index (χ3n) is 4.67. The quantitative estimate of drug-likeness (QED) is 0.790. The summed E-state index contributed by atoms with van der Waals surface area (Å²) in [7, 11) is 0. The molecule has 0 heterocycles. The Balaban J connectivity index is 1.54. The number of carbonyl (C=O) groups is 1. The number of hydrogen-bond acceptors (Lipinski definition) is 2. The Morgan fingerprint density at radius 2 is 1.83 bits per heavy atom. The Labute approximate surface area is 111 Å². The summed E-state index contributed by atoms with van der Waals surface area (Å²) in [5.41, 5.74) is 5.87. The molecule has 104 valence electrons. The predicted octanol–water partition coefficient (Wildman–Crippen LogP) is 2.59. The lowest BCUT2D eigenvalue weighted by atomic mass is 9.86. The van der Waals surface area contributed by atoms with Crippen molar-refractivity contribution in [3.63, 3.8) is 0 Å². The van der Waals surface area contributed by atoms with E-state index in [4.69, 9.17) is 5.73 Å². The summed E-state index contributed by atoms with van der Waals surface area (Å²) < 4.78 is 0. The van der Waals surface area contributed by atoms with Crippen LogP contribution >= 0.6 is 0 Å². The van der Waals surface area contributed by atoms with E-state index in [1.807, 2.05) is 0 Å².